The Morgan fingerprint density at radius 1 is 1.35 bits per heavy atom. The molecule has 94 valence electrons. The van der Waals surface area contributed by atoms with E-state index in [1.54, 1.807) is 12.4 Å². The predicted octanol–water partition coefficient (Wildman–Crippen LogP) is 1.56. The number of nitrogens with two attached hydrogens (primary N) is 1. The molecule has 17 heavy (non-hydrogen) atoms. The molecule has 2 N–H and O–H groups in total. The zero-order chi connectivity index (χ0) is 12.5. The van der Waals surface area contributed by atoms with Gasteiger partial charge in [-0.15, -0.1) is 0 Å². The molecule has 0 radical (unpaired) electrons. The van der Waals surface area contributed by atoms with Crippen molar-refractivity contribution in [3.05, 3.63) is 30.1 Å². The molecular formula is C13H21N3O. The summed E-state index contributed by atoms with van der Waals surface area (Å²) in [6, 6.07) is 3.88. The average molecular weight is 235 g/mol. The second-order valence-corrected chi connectivity index (χ2v) is 4.01. The fraction of sp³-hybridized carbons (Fsp3) is 0.538. The number of amides is 1. The molecule has 0 bridgehead atoms. The Morgan fingerprint density at radius 2 is 2.06 bits per heavy atom. The summed E-state index contributed by atoms with van der Waals surface area (Å²) in [6.45, 7) is 4.07. The zero-order valence-electron chi connectivity index (χ0n) is 10.4. The van der Waals surface area contributed by atoms with Gasteiger partial charge in [-0.05, 0) is 44.0 Å². The minimum absolute atomic E-state index is 0.206. The fourth-order valence-corrected chi connectivity index (χ4v) is 1.66. The van der Waals surface area contributed by atoms with E-state index in [2.05, 4.69) is 4.98 Å². The first kappa shape index (κ1) is 13.6. The van der Waals surface area contributed by atoms with Gasteiger partial charge in [0.25, 0.3) is 0 Å². The number of hydrogen-bond donors (Lipinski definition) is 1. The molecule has 0 aliphatic carbocycles. The molecule has 0 fully saturated rings. The third kappa shape index (κ3) is 4.95. The first-order chi connectivity index (χ1) is 8.27. The normalized spacial score (nSPS) is 10.2. The zero-order valence-corrected chi connectivity index (χ0v) is 10.4. The second kappa shape index (κ2) is 7.79. The number of rotatable bonds is 7. The van der Waals surface area contributed by atoms with E-state index in [-0.39, 0.29) is 5.91 Å². The van der Waals surface area contributed by atoms with E-state index in [1.807, 2.05) is 24.0 Å². The largest absolute Gasteiger partial charge is 0.339 e. The molecule has 4 nitrogen and oxygen atoms in total. The van der Waals surface area contributed by atoms with E-state index >= 15 is 0 Å². The maximum Gasteiger partial charge on any atom is 0.222 e. The molecule has 0 aromatic carbocycles. The Kier molecular flexibility index (Phi) is 6.25. The molecule has 1 heterocycles. The average Bonchev–Trinajstić information content (AvgIpc) is 2.37. The van der Waals surface area contributed by atoms with Gasteiger partial charge in [0.05, 0.1) is 0 Å². The number of carbonyl (C=O) groups excluding carboxylic acids is 1. The van der Waals surface area contributed by atoms with E-state index < -0.39 is 0 Å². The molecule has 0 saturated heterocycles. The molecule has 1 amide bonds. The lowest BCUT2D eigenvalue weighted by Gasteiger charge is -2.20. The summed E-state index contributed by atoms with van der Waals surface area (Å²) >= 11 is 0. The maximum absolute atomic E-state index is 11.9. The van der Waals surface area contributed by atoms with E-state index in [1.165, 1.54) is 0 Å². The molecule has 1 aromatic heterocycles. The highest BCUT2D eigenvalue weighted by Gasteiger charge is 2.11. The lowest BCUT2D eigenvalue weighted by molar-refractivity contribution is -0.131. The Bertz CT molecular complexity index is 327. The van der Waals surface area contributed by atoms with Crippen molar-refractivity contribution < 1.29 is 4.79 Å². The summed E-state index contributed by atoms with van der Waals surface area (Å²) in [4.78, 5) is 17.8. The molecule has 0 spiro atoms. The fourth-order valence-electron chi connectivity index (χ4n) is 1.66. The summed E-state index contributed by atoms with van der Waals surface area (Å²) in [5, 5.41) is 0. The molecule has 0 aliphatic rings. The topological polar surface area (TPSA) is 59.2 Å². The van der Waals surface area contributed by atoms with Gasteiger partial charge >= 0.3 is 0 Å². The molecule has 1 rings (SSSR count). The SMILES string of the molecule is CCN(Cc1ccncc1)C(=O)CCCCN. The van der Waals surface area contributed by atoms with Crippen molar-refractivity contribution in [3.8, 4) is 0 Å². The minimum Gasteiger partial charge on any atom is -0.339 e. The Morgan fingerprint density at radius 3 is 2.65 bits per heavy atom. The Balaban J connectivity index is 2.45. The van der Waals surface area contributed by atoms with Gasteiger partial charge in [0.1, 0.15) is 0 Å². The summed E-state index contributed by atoms with van der Waals surface area (Å²) < 4.78 is 0. The van der Waals surface area contributed by atoms with Crippen LogP contribution in [0.4, 0.5) is 0 Å². The van der Waals surface area contributed by atoms with Crippen molar-refractivity contribution in [1.29, 1.82) is 0 Å². The number of aromatic nitrogens is 1. The third-order valence-corrected chi connectivity index (χ3v) is 2.70. The summed E-state index contributed by atoms with van der Waals surface area (Å²) in [5.41, 5.74) is 6.53. The minimum atomic E-state index is 0.206. The molecule has 0 unspecified atom stereocenters. The lowest BCUT2D eigenvalue weighted by atomic mass is 10.2. The highest BCUT2D eigenvalue weighted by atomic mass is 16.2. The number of hydrogen-bond acceptors (Lipinski definition) is 3. The van der Waals surface area contributed by atoms with Gasteiger partial charge in [0.2, 0.25) is 5.91 Å². The van der Waals surface area contributed by atoms with Crippen LogP contribution in [0.3, 0.4) is 0 Å². The molecule has 0 atom stereocenters. The standard InChI is InChI=1S/C13H21N3O/c1-2-16(13(17)5-3-4-8-14)11-12-6-9-15-10-7-12/h6-7,9-10H,2-5,8,11,14H2,1H3. The van der Waals surface area contributed by atoms with Crippen LogP contribution in [0, 0.1) is 0 Å². The monoisotopic (exact) mass is 235 g/mol. The van der Waals surface area contributed by atoms with Crippen LogP contribution in [0.25, 0.3) is 0 Å². The van der Waals surface area contributed by atoms with Crippen LogP contribution in [0.2, 0.25) is 0 Å². The second-order valence-electron chi connectivity index (χ2n) is 4.01. The maximum atomic E-state index is 11.9. The van der Waals surface area contributed by atoms with Crippen LogP contribution in [-0.4, -0.2) is 28.9 Å². The summed E-state index contributed by atoms with van der Waals surface area (Å²) in [7, 11) is 0. The highest BCUT2D eigenvalue weighted by molar-refractivity contribution is 5.76. The van der Waals surface area contributed by atoms with Crippen LogP contribution in [0.5, 0.6) is 0 Å². The molecule has 1 aromatic rings. The van der Waals surface area contributed by atoms with Gasteiger partial charge in [0.15, 0.2) is 0 Å². The van der Waals surface area contributed by atoms with Crippen LogP contribution in [0.15, 0.2) is 24.5 Å². The molecule has 0 aliphatic heterocycles. The van der Waals surface area contributed by atoms with Crippen molar-refractivity contribution in [3.63, 3.8) is 0 Å². The van der Waals surface area contributed by atoms with E-state index in [9.17, 15) is 4.79 Å². The smallest absolute Gasteiger partial charge is 0.222 e. The van der Waals surface area contributed by atoms with Crippen molar-refractivity contribution >= 4 is 5.91 Å². The van der Waals surface area contributed by atoms with Crippen LogP contribution in [0.1, 0.15) is 31.7 Å². The quantitative estimate of drug-likeness (QED) is 0.730. The molecule has 0 saturated carbocycles. The van der Waals surface area contributed by atoms with Crippen molar-refractivity contribution in [1.82, 2.24) is 9.88 Å². The number of unbranched alkanes of at least 4 members (excludes halogenated alkanes) is 1. The lowest BCUT2D eigenvalue weighted by Crippen LogP contribution is -2.30. The molecular weight excluding hydrogens is 214 g/mol. The first-order valence-electron chi connectivity index (χ1n) is 6.14. The number of carbonyl (C=O) groups is 1. The van der Waals surface area contributed by atoms with E-state index in [0.717, 1.165) is 24.9 Å². The van der Waals surface area contributed by atoms with Crippen molar-refractivity contribution in [2.75, 3.05) is 13.1 Å². The van der Waals surface area contributed by atoms with E-state index in [4.69, 9.17) is 5.73 Å². The number of pyridine rings is 1. The van der Waals surface area contributed by atoms with Crippen LogP contribution in [-0.2, 0) is 11.3 Å². The van der Waals surface area contributed by atoms with Gasteiger partial charge in [-0.25, -0.2) is 0 Å². The number of nitrogens with zero attached hydrogens (tertiary/aromatic N) is 2. The third-order valence-electron chi connectivity index (χ3n) is 2.70. The van der Waals surface area contributed by atoms with Crippen LogP contribution < -0.4 is 5.73 Å². The van der Waals surface area contributed by atoms with Gasteiger partial charge in [0, 0.05) is 31.9 Å². The van der Waals surface area contributed by atoms with Crippen molar-refractivity contribution in [2.24, 2.45) is 5.73 Å². The van der Waals surface area contributed by atoms with Gasteiger partial charge in [-0.3, -0.25) is 9.78 Å². The van der Waals surface area contributed by atoms with Crippen molar-refractivity contribution in [2.45, 2.75) is 32.7 Å². The summed E-state index contributed by atoms with van der Waals surface area (Å²) in [5.74, 6) is 0.206. The van der Waals surface area contributed by atoms with Gasteiger partial charge in [-0.2, -0.15) is 0 Å². The Hall–Kier alpha value is -1.42. The first-order valence-corrected chi connectivity index (χ1v) is 6.14. The summed E-state index contributed by atoms with van der Waals surface area (Å²) in [6.07, 6.45) is 5.89. The van der Waals surface area contributed by atoms with Gasteiger partial charge < -0.3 is 10.6 Å². The highest BCUT2D eigenvalue weighted by Crippen LogP contribution is 2.06. The molecule has 4 heteroatoms. The Labute approximate surface area is 103 Å². The van der Waals surface area contributed by atoms with Crippen LogP contribution >= 0.6 is 0 Å². The van der Waals surface area contributed by atoms with E-state index in [0.29, 0.717) is 19.5 Å². The predicted molar refractivity (Wildman–Crippen MR) is 68.2 cm³/mol. The van der Waals surface area contributed by atoms with Gasteiger partial charge in [-0.1, -0.05) is 0 Å².